The van der Waals surface area contributed by atoms with Gasteiger partial charge in [0.2, 0.25) is 0 Å². The molecule has 1 N–H and O–H groups in total. The molecule has 0 aromatic carbocycles. The fourth-order valence-electron chi connectivity index (χ4n) is 2.11. The van der Waals surface area contributed by atoms with Gasteiger partial charge in [-0.1, -0.05) is 26.0 Å². The molecule has 0 aliphatic heterocycles. The van der Waals surface area contributed by atoms with E-state index in [0.717, 1.165) is 37.9 Å². The van der Waals surface area contributed by atoms with Gasteiger partial charge < -0.3 is 5.32 Å². The monoisotopic (exact) mass is 251 g/mol. The highest BCUT2D eigenvalue weighted by molar-refractivity contribution is 4.92. The van der Waals surface area contributed by atoms with Gasteiger partial charge in [-0.3, -0.25) is 9.58 Å². The van der Waals surface area contributed by atoms with Gasteiger partial charge in [-0.15, -0.1) is 5.10 Å². The van der Waals surface area contributed by atoms with Crippen LogP contribution < -0.4 is 5.32 Å². The molecule has 1 aliphatic carbocycles. The maximum Gasteiger partial charge on any atom is 0.0964 e. The number of hydrogen-bond donors (Lipinski definition) is 1. The summed E-state index contributed by atoms with van der Waals surface area (Å²) in [6.07, 6.45) is 4.79. The van der Waals surface area contributed by atoms with Crippen LogP contribution in [0.2, 0.25) is 0 Å². The van der Waals surface area contributed by atoms with E-state index in [0.29, 0.717) is 6.04 Å². The van der Waals surface area contributed by atoms with E-state index in [1.165, 1.54) is 12.8 Å². The Balaban J connectivity index is 1.75. The third-order valence-corrected chi connectivity index (χ3v) is 3.36. The van der Waals surface area contributed by atoms with Crippen LogP contribution in [-0.4, -0.2) is 45.1 Å². The molecule has 0 radical (unpaired) electrons. The van der Waals surface area contributed by atoms with Gasteiger partial charge in [-0.2, -0.15) is 0 Å². The van der Waals surface area contributed by atoms with E-state index < -0.39 is 0 Å². The van der Waals surface area contributed by atoms with E-state index in [-0.39, 0.29) is 0 Å². The van der Waals surface area contributed by atoms with Crippen molar-refractivity contribution < 1.29 is 0 Å². The Morgan fingerprint density at radius 3 is 2.89 bits per heavy atom. The Hall–Kier alpha value is -0.940. The second kappa shape index (κ2) is 6.29. The Morgan fingerprint density at radius 2 is 2.28 bits per heavy atom. The molecule has 0 atom stereocenters. The average molecular weight is 251 g/mol. The van der Waals surface area contributed by atoms with Crippen LogP contribution in [0.25, 0.3) is 0 Å². The molecule has 1 aromatic rings. The summed E-state index contributed by atoms with van der Waals surface area (Å²) in [5, 5.41) is 11.7. The summed E-state index contributed by atoms with van der Waals surface area (Å²) in [5.74, 6) is 0. The smallest absolute Gasteiger partial charge is 0.0964 e. The van der Waals surface area contributed by atoms with Crippen molar-refractivity contribution in [3.63, 3.8) is 0 Å². The first-order valence-corrected chi connectivity index (χ1v) is 7.05. The lowest BCUT2D eigenvalue weighted by Crippen LogP contribution is -2.29. The maximum absolute atomic E-state index is 4.18. The zero-order valence-electron chi connectivity index (χ0n) is 11.8. The molecule has 5 nitrogen and oxygen atoms in total. The van der Waals surface area contributed by atoms with Gasteiger partial charge in [-0.05, 0) is 19.4 Å². The van der Waals surface area contributed by atoms with Crippen LogP contribution in [0.3, 0.4) is 0 Å². The average Bonchev–Trinajstić information content (AvgIpc) is 3.07. The predicted octanol–water partition coefficient (Wildman–Crippen LogP) is 1.26. The van der Waals surface area contributed by atoms with E-state index in [9.17, 15) is 0 Å². The highest BCUT2D eigenvalue weighted by Gasteiger charge is 2.27. The van der Waals surface area contributed by atoms with Crippen molar-refractivity contribution in [2.45, 2.75) is 58.8 Å². The molecule has 0 bridgehead atoms. The molecule has 1 saturated carbocycles. The first-order chi connectivity index (χ1) is 8.69. The van der Waals surface area contributed by atoms with E-state index in [1.54, 1.807) is 0 Å². The SMILES string of the molecule is CCN(CCn1cc(CNC(C)C)nn1)C1CC1. The summed E-state index contributed by atoms with van der Waals surface area (Å²) >= 11 is 0. The second-order valence-corrected chi connectivity index (χ2v) is 5.37. The first kappa shape index (κ1) is 13.5. The molecule has 5 heteroatoms. The zero-order chi connectivity index (χ0) is 13.0. The van der Waals surface area contributed by atoms with Crippen LogP contribution >= 0.6 is 0 Å². The van der Waals surface area contributed by atoms with E-state index in [4.69, 9.17) is 0 Å². The van der Waals surface area contributed by atoms with E-state index in [2.05, 4.69) is 47.5 Å². The summed E-state index contributed by atoms with van der Waals surface area (Å²) < 4.78 is 1.96. The van der Waals surface area contributed by atoms with Crippen molar-refractivity contribution in [3.8, 4) is 0 Å². The largest absolute Gasteiger partial charge is 0.309 e. The van der Waals surface area contributed by atoms with Crippen LogP contribution in [0.1, 0.15) is 39.3 Å². The van der Waals surface area contributed by atoms with Crippen LogP contribution in [0.15, 0.2) is 6.20 Å². The number of rotatable bonds is 8. The molecule has 0 saturated heterocycles. The van der Waals surface area contributed by atoms with Crippen LogP contribution in [0.4, 0.5) is 0 Å². The molecule has 18 heavy (non-hydrogen) atoms. The summed E-state index contributed by atoms with van der Waals surface area (Å²) in [7, 11) is 0. The normalized spacial score (nSPS) is 15.8. The number of likely N-dealkylation sites (N-methyl/N-ethyl adjacent to an activating group) is 1. The lowest BCUT2D eigenvalue weighted by molar-refractivity contribution is 0.260. The van der Waals surface area contributed by atoms with Crippen molar-refractivity contribution in [2.75, 3.05) is 13.1 Å². The lowest BCUT2D eigenvalue weighted by Gasteiger charge is -2.19. The Labute approximate surface area is 110 Å². The third-order valence-electron chi connectivity index (χ3n) is 3.36. The van der Waals surface area contributed by atoms with E-state index in [1.807, 2.05) is 4.68 Å². The van der Waals surface area contributed by atoms with Gasteiger partial charge in [0.05, 0.1) is 12.2 Å². The number of hydrogen-bond acceptors (Lipinski definition) is 4. The highest BCUT2D eigenvalue weighted by Crippen LogP contribution is 2.26. The quantitative estimate of drug-likeness (QED) is 0.755. The number of aromatic nitrogens is 3. The van der Waals surface area contributed by atoms with Crippen LogP contribution in [0, 0.1) is 0 Å². The minimum absolute atomic E-state index is 0.487. The maximum atomic E-state index is 4.18. The molecule has 1 fully saturated rings. The first-order valence-electron chi connectivity index (χ1n) is 7.05. The summed E-state index contributed by atoms with van der Waals surface area (Å²) in [4.78, 5) is 2.54. The van der Waals surface area contributed by atoms with Crippen LogP contribution in [0.5, 0.6) is 0 Å². The Kier molecular flexibility index (Phi) is 4.72. The van der Waals surface area contributed by atoms with Gasteiger partial charge >= 0.3 is 0 Å². The van der Waals surface area contributed by atoms with E-state index >= 15 is 0 Å². The molecule has 1 aromatic heterocycles. The summed E-state index contributed by atoms with van der Waals surface area (Å²) in [5.41, 5.74) is 1.03. The van der Waals surface area contributed by atoms with Gasteiger partial charge in [0.25, 0.3) is 0 Å². The summed E-state index contributed by atoms with van der Waals surface area (Å²) in [6.45, 7) is 10.5. The minimum Gasteiger partial charge on any atom is -0.309 e. The molecular weight excluding hydrogens is 226 g/mol. The molecule has 1 aliphatic rings. The molecule has 0 amide bonds. The van der Waals surface area contributed by atoms with Gasteiger partial charge in [0, 0.05) is 31.4 Å². The topological polar surface area (TPSA) is 46.0 Å². The Bertz CT molecular complexity index is 356. The minimum atomic E-state index is 0.487. The fraction of sp³-hybridized carbons (Fsp3) is 0.846. The second-order valence-electron chi connectivity index (χ2n) is 5.37. The fourth-order valence-corrected chi connectivity index (χ4v) is 2.11. The van der Waals surface area contributed by atoms with Crippen molar-refractivity contribution in [1.29, 1.82) is 0 Å². The predicted molar refractivity (Wildman–Crippen MR) is 72.3 cm³/mol. The van der Waals surface area contributed by atoms with Crippen LogP contribution in [-0.2, 0) is 13.1 Å². The lowest BCUT2D eigenvalue weighted by atomic mass is 10.3. The Morgan fingerprint density at radius 1 is 1.50 bits per heavy atom. The molecule has 0 unspecified atom stereocenters. The molecule has 102 valence electrons. The number of nitrogens with one attached hydrogen (secondary N) is 1. The third kappa shape index (κ3) is 4.07. The molecule has 1 heterocycles. The van der Waals surface area contributed by atoms with Gasteiger partial charge in [-0.25, -0.2) is 0 Å². The molecular formula is C13H25N5. The number of nitrogens with zero attached hydrogens (tertiary/aromatic N) is 4. The van der Waals surface area contributed by atoms with Crippen molar-refractivity contribution in [2.24, 2.45) is 0 Å². The standard InChI is InChI=1S/C13H25N5/c1-4-17(13-5-6-13)7-8-18-10-12(15-16-18)9-14-11(2)3/h10-11,13-14H,4-9H2,1-3H3. The zero-order valence-corrected chi connectivity index (χ0v) is 11.8. The highest BCUT2D eigenvalue weighted by atomic mass is 15.4. The van der Waals surface area contributed by atoms with Crippen molar-refractivity contribution in [3.05, 3.63) is 11.9 Å². The molecule has 2 rings (SSSR count). The molecule has 0 spiro atoms. The van der Waals surface area contributed by atoms with Gasteiger partial charge in [0.15, 0.2) is 0 Å². The van der Waals surface area contributed by atoms with Crippen molar-refractivity contribution >= 4 is 0 Å². The summed E-state index contributed by atoms with van der Waals surface area (Å²) in [6, 6.07) is 1.32. The van der Waals surface area contributed by atoms with Gasteiger partial charge in [0.1, 0.15) is 0 Å². The van der Waals surface area contributed by atoms with Crippen molar-refractivity contribution in [1.82, 2.24) is 25.2 Å².